The molecular weight excluding hydrogens is 400 g/mol. The monoisotopic (exact) mass is 426 g/mol. The predicted octanol–water partition coefficient (Wildman–Crippen LogP) is 3.19. The van der Waals surface area contributed by atoms with Crippen LogP contribution in [0.1, 0.15) is 22.3 Å². The molecule has 0 atom stereocenters. The van der Waals surface area contributed by atoms with Crippen molar-refractivity contribution < 1.29 is 0 Å². The number of likely N-dealkylation sites (N-methyl/N-ethyl adjacent to an activating group) is 1. The summed E-state index contributed by atoms with van der Waals surface area (Å²) in [5, 5.41) is 8.72. The quantitative estimate of drug-likeness (QED) is 0.506. The Labute approximate surface area is 186 Å². The van der Waals surface area contributed by atoms with Gasteiger partial charge in [-0.1, -0.05) is 30.9 Å². The molecule has 0 fully saturated rings. The highest BCUT2D eigenvalue weighted by Gasteiger charge is 2.19. The summed E-state index contributed by atoms with van der Waals surface area (Å²) in [6, 6.07) is 8.70. The Bertz CT molecular complexity index is 1320. The molecule has 3 aromatic heterocycles. The number of hydrogen-bond acceptors (Lipinski definition) is 7. The maximum Gasteiger partial charge on any atom is 0.164 e. The molecule has 1 aliphatic rings. The number of nitrogen functional groups attached to an aromatic ring is 1. The lowest BCUT2D eigenvalue weighted by Crippen LogP contribution is -2.26. The minimum absolute atomic E-state index is 0.405. The van der Waals surface area contributed by atoms with E-state index < -0.39 is 0 Å². The van der Waals surface area contributed by atoms with Gasteiger partial charge in [-0.2, -0.15) is 5.10 Å². The third kappa shape index (κ3) is 3.48. The van der Waals surface area contributed by atoms with Gasteiger partial charge in [0.05, 0.1) is 11.9 Å². The molecule has 0 unspecified atom stereocenters. The van der Waals surface area contributed by atoms with Gasteiger partial charge in [0.2, 0.25) is 0 Å². The smallest absolute Gasteiger partial charge is 0.164 e. The van der Waals surface area contributed by atoms with Crippen molar-refractivity contribution in [3.8, 4) is 11.3 Å². The molecule has 3 N–H and O–H groups in total. The van der Waals surface area contributed by atoms with Crippen LogP contribution in [0.2, 0.25) is 0 Å². The first-order valence-corrected chi connectivity index (χ1v) is 10.6. The number of nitrogens with one attached hydrogen (secondary N) is 1. The molecule has 0 saturated carbocycles. The molecule has 0 aliphatic carbocycles. The standard InChI is InChI=1S/C24H26N8/c1-4-16-10-19(11-27-23(16)26-2)21-20-22(25)28-14-29-24(20)32(30-21)12-15-5-6-18-13-31(3)8-7-17(18)9-15/h4-6,9-11,14H,1,7-8,12-13H2,2-3H3,(H,26,27)(H2,25,28,29). The number of rotatable bonds is 5. The number of fused-ring (bicyclic) bond motifs is 2. The van der Waals surface area contributed by atoms with Gasteiger partial charge in [0.15, 0.2) is 5.65 Å². The van der Waals surface area contributed by atoms with Crippen LogP contribution in [0.5, 0.6) is 0 Å². The number of benzene rings is 1. The lowest BCUT2D eigenvalue weighted by atomic mass is 9.97. The van der Waals surface area contributed by atoms with E-state index in [1.54, 1.807) is 12.3 Å². The molecule has 0 spiro atoms. The molecule has 4 heterocycles. The number of nitrogens with two attached hydrogens (primary N) is 1. The number of anilines is 2. The van der Waals surface area contributed by atoms with Crippen LogP contribution in [0.25, 0.3) is 28.4 Å². The van der Waals surface area contributed by atoms with E-state index >= 15 is 0 Å². The van der Waals surface area contributed by atoms with Gasteiger partial charge in [-0.05, 0) is 36.2 Å². The van der Waals surface area contributed by atoms with Gasteiger partial charge in [-0.15, -0.1) is 0 Å². The number of nitrogens with zero attached hydrogens (tertiary/aromatic N) is 6. The Morgan fingerprint density at radius 1 is 1.19 bits per heavy atom. The van der Waals surface area contributed by atoms with E-state index in [1.165, 1.54) is 23.0 Å². The topological polar surface area (TPSA) is 97.8 Å². The zero-order chi connectivity index (χ0) is 22.2. The Kier molecular flexibility index (Phi) is 5.07. The average Bonchev–Trinajstić information content (AvgIpc) is 3.18. The first kappa shape index (κ1) is 20.1. The van der Waals surface area contributed by atoms with E-state index in [4.69, 9.17) is 10.8 Å². The molecule has 0 amide bonds. The zero-order valence-corrected chi connectivity index (χ0v) is 18.3. The molecule has 8 nitrogen and oxygen atoms in total. The third-order valence-corrected chi connectivity index (χ3v) is 6.01. The van der Waals surface area contributed by atoms with E-state index in [-0.39, 0.29) is 0 Å². The summed E-state index contributed by atoms with van der Waals surface area (Å²) in [7, 11) is 4.00. The van der Waals surface area contributed by atoms with Gasteiger partial charge in [0.1, 0.15) is 23.7 Å². The fraction of sp³-hybridized carbons (Fsp3) is 0.250. The predicted molar refractivity (Wildman–Crippen MR) is 128 cm³/mol. The highest BCUT2D eigenvalue weighted by atomic mass is 15.3. The molecule has 0 radical (unpaired) electrons. The van der Waals surface area contributed by atoms with E-state index in [0.29, 0.717) is 18.0 Å². The van der Waals surface area contributed by atoms with E-state index in [9.17, 15) is 0 Å². The van der Waals surface area contributed by atoms with E-state index in [2.05, 4.69) is 57.0 Å². The lowest BCUT2D eigenvalue weighted by Gasteiger charge is -2.25. The molecular formula is C24H26N8. The van der Waals surface area contributed by atoms with Crippen LogP contribution < -0.4 is 11.1 Å². The normalized spacial score (nSPS) is 13.8. The summed E-state index contributed by atoms with van der Waals surface area (Å²) >= 11 is 0. The Balaban J connectivity index is 1.59. The molecule has 32 heavy (non-hydrogen) atoms. The summed E-state index contributed by atoms with van der Waals surface area (Å²) < 4.78 is 1.90. The zero-order valence-electron chi connectivity index (χ0n) is 18.3. The second kappa shape index (κ2) is 8.05. The van der Waals surface area contributed by atoms with Crippen molar-refractivity contribution in [2.24, 2.45) is 0 Å². The van der Waals surface area contributed by atoms with Crippen molar-refractivity contribution in [1.29, 1.82) is 0 Å². The molecule has 0 bridgehead atoms. The fourth-order valence-corrected chi connectivity index (χ4v) is 4.34. The Morgan fingerprint density at radius 2 is 2.06 bits per heavy atom. The SMILES string of the molecule is C=Cc1cc(-c2nn(Cc3ccc4c(c3)CCN(C)C4)c3ncnc(N)c23)cnc1NC. The van der Waals surface area contributed by atoms with Crippen LogP contribution >= 0.6 is 0 Å². The van der Waals surface area contributed by atoms with Gasteiger partial charge < -0.3 is 16.0 Å². The second-order valence-electron chi connectivity index (χ2n) is 8.17. The fourth-order valence-electron chi connectivity index (χ4n) is 4.34. The molecule has 1 aromatic carbocycles. The highest BCUT2D eigenvalue weighted by molar-refractivity contribution is 5.98. The summed E-state index contributed by atoms with van der Waals surface area (Å²) in [6.45, 7) is 6.58. The number of aromatic nitrogens is 5. The van der Waals surface area contributed by atoms with Crippen LogP contribution in [0.15, 0.2) is 43.4 Å². The maximum absolute atomic E-state index is 6.27. The van der Waals surface area contributed by atoms with Crippen LogP contribution in [0.4, 0.5) is 11.6 Å². The van der Waals surface area contributed by atoms with Gasteiger partial charge in [-0.3, -0.25) is 0 Å². The number of hydrogen-bond donors (Lipinski definition) is 2. The molecule has 4 aromatic rings. The summed E-state index contributed by atoms with van der Waals surface area (Å²) in [4.78, 5) is 15.6. The molecule has 162 valence electrons. The minimum atomic E-state index is 0.405. The van der Waals surface area contributed by atoms with Crippen LogP contribution in [0.3, 0.4) is 0 Å². The average molecular weight is 427 g/mol. The molecule has 8 heteroatoms. The maximum atomic E-state index is 6.27. The van der Waals surface area contributed by atoms with E-state index in [1.807, 2.05) is 17.8 Å². The Morgan fingerprint density at radius 3 is 2.88 bits per heavy atom. The Hall–Kier alpha value is -3.78. The molecule has 1 aliphatic heterocycles. The molecule has 0 saturated heterocycles. The van der Waals surface area contributed by atoms with Gasteiger partial charge in [-0.25, -0.2) is 19.6 Å². The van der Waals surface area contributed by atoms with Crippen LogP contribution in [-0.4, -0.2) is 50.3 Å². The van der Waals surface area contributed by atoms with Crippen molar-refractivity contribution in [3.63, 3.8) is 0 Å². The lowest BCUT2D eigenvalue weighted by molar-refractivity contribution is 0.313. The minimum Gasteiger partial charge on any atom is -0.383 e. The third-order valence-electron chi connectivity index (χ3n) is 6.01. The van der Waals surface area contributed by atoms with Crippen LogP contribution in [-0.2, 0) is 19.5 Å². The summed E-state index contributed by atoms with van der Waals surface area (Å²) in [6.07, 6.45) is 6.10. The van der Waals surface area contributed by atoms with Crippen molar-refractivity contribution in [2.75, 3.05) is 31.7 Å². The summed E-state index contributed by atoms with van der Waals surface area (Å²) in [5.74, 6) is 1.17. The summed E-state index contributed by atoms with van der Waals surface area (Å²) in [5.41, 5.74) is 13.4. The van der Waals surface area contributed by atoms with Gasteiger partial charge in [0.25, 0.3) is 0 Å². The number of pyridine rings is 1. The largest absolute Gasteiger partial charge is 0.383 e. The van der Waals surface area contributed by atoms with Gasteiger partial charge in [0, 0.05) is 37.5 Å². The van der Waals surface area contributed by atoms with Crippen molar-refractivity contribution in [1.82, 2.24) is 29.6 Å². The molecule has 5 rings (SSSR count). The second-order valence-corrected chi connectivity index (χ2v) is 8.17. The van der Waals surface area contributed by atoms with Crippen LogP contribution in [0, 0.1) is 0 Å². The van der Waals surface area contributed by atoms with Crippen molar-refractivity contribution >= 4 is 28.7 Å². The highest BCUT2D eigenvalue weighted by Crippen LogP contribution is 2.32. The first-order chi connectivity index (χ1) is 15.6. The van der Waals surface area contributed by atoms with E-state index in [0.717, 1.165) is 47.5 Å². The van der Waals surface area contributed by atoms with Gasteiger partial charge >= 0.3 is 0 Å². The van der Waals surface area contributed by atoms with Crippen molar-refractivity contribution in [2.45, 2.75) is 19.5 Å². The first-order valence-electron chi connectivity index (χ1n) is 10.6. The van der Waals surface area contributed by atoms with Crippen molar-refractivity contribution in [3.05, 3.63) is 65.6 Å².